The average Bonchev–Trinajstić information content (AvgIpc) is 3.53. The average molecular weight is 736 g/mol. The molecule has 3 N–H and O–H groups in total. The van der Waals surface area contributed by atoms with Crippen molar-refractivity contribution in [3.63, 3.8) is 0 Å². The van der Waals surface area contributed by atoms with Crippen molar-refractivity contribution < 1.29 is 43.3 Å². The van der Waals surface area contributed by atoms with E-state index in [4.69, 9.17) is 16.3 Å². The maximum absolute atomic E-state index is 15.3. The van der Waals surface area contributed by atoms with Gasteiger partial charge in [-0.1, -0.05) is 47.5 Å². The number of amides is 4. The first kappa shape index (κ1) is 34.1. The van der Waals surface area contributed by atoms with E-state index in [0.717, 1.165) is 9.91 Å². The summed E-state index contributed by atoms with van der Waals surface area (Å²) in [6.07, 6.45) is 1.90. The number of hydrogen-bond acceptors (Lipinski definition) is 8. The zero-order chi connectivity index (χ0) is 37.3. The number of allylic oxidation sites excluding steroid dienone is 2. The number of imide groups is 2. The molecule has 0 bridgehead atoms. The van der Waals surface area contributed by atoms with E-state index in [9.17, 15) is 33.8 Å². The zero-order valence-corrected chi connectivity index (χ0v) is 28.8. The molecule has 2 heterocycles. The van der Waals surface area contributed by atoms with Gasteiger partial charge in [-0.3, -0.25) is 29.5 Å². The molecular formula is C40H31ClFN3O8. The van der Waals surface area contributed by atoms with Crippen molar-refractivity contribution in [1.82, 2.24) is 5.01 Å². The van der Waals surface area contributed by atoms with Crippen LogP contribution in [0.1, 0.15) is 40.2 Å². The molecule has 3 fully saturated rings. The largest absolute Gasteiger partial charge is 0.508 e. The molecule has 0 radical (unpaired) electrons. The van der Waals surface area contributed by atoms with Crippen LogP contribution in [0.15, 0.2) is 103 Å². The number of aromatic carboxylic acids is 1. The van der Waals surface area contributed by atoms with Crippen LogP contribution >= 0.6 is 11.6 Å². The number of anilines is 2. The number of rotatable bonds is 7. The Morgan fingerprint density at radius 1 is 0.925 bits per heavy atom. The SMILES string of the molecule is COc1cccc(O)c1[C@H]1C2=CC[C@@H]3C(=O)N(c4cccc(C(=O)O)c4)C(=O)[C@@H]3[C@@H]2C[C@H]2C(=O)N(Nc3ccc(F)cc3)C(=O)[C@@]12c1ccc(Cl)cc1. The van der Waals surface area contributed by atoms with Crippen LogP contribution in [0.2, 0.25) is 5.02 Å². The normalized spacial score (nSPS) is 26.2. The van der Waals surface area contributed by atoms with Crippen molar-refractivity contribution in [2.75, 3.05) is 17.4 Å². The topological polar surface area (TPSA) is 154 Å². The van der Waals surface area contributed by atoms with E-state index in [-0.39, 0.29) is 46.8 Å². The number of hydrogen-bond donors (Lipinski definition) is 3. The number of carboxylic acid groups (broad SMARTS) is 1. The summed E-state index contributed by atoms with van der Waals surface area (Å²) in [5, 5.41) is 22.6. The summed E-state index contributed by atoms with van der Waals surface area (Å²) in [5.74, 6) is -8.86. The van der Waals surface area contributed by atoms with Gasteiger partial charge in [-0.05, 0) is 91.1 Å². The predicted molar refractivity (Wildman–Crippen MR) is 190 cm³/mol. The molecule has 4 aliphatic rings. The zero-order valence-electron chi connectivity index (χ0n) is 28.0. The molecule has 13 heteroatoms. The van der Waals surface area contributed by atoms with Gasteiger partial charge in [-0.15, -0.1) is 0 Å². The lowest BCUT2D eigenvalue weighted by molar-refractivity contribution is -0.138. The number of nitrogens with zero attached hydrogens (tertiary/aromatic N) is 2. The number of benzene rings is 4. The maximum Gasteiger partial charge on any atom is 0.335 e. The third kappa shape index (κ3) is 5.03. The summed E-state index contributed by atoms with van der Waals surface area (Å²) < 4.78 is 19.7. The van der Waals surface area contributed by atoms with Gasteiger partial charge in [0.25, 0.3) is 11.8 Å². The Kier molecular flexibility index (Phi) is 8.10. The van der Waals surface area contributed by atoms with Crippen LogP contribution in [-0.2, 0) is 24.6 Å². The molecule has 2 aliphatic carbocycles. The Labute approximate surface area is 307 Å². The van der Waals surface area contributed by atoms with Crippen molar-refractivity contribution in [3.8, 4) is 11.5 Å². The van der Waals surface area contributed by atoms with E-state index in [1.165, 1.54) is 61.7 Å². The molecule has 53 heavy (non-hydrogen) atoms. The van der Waals surface area contributed by atoms with Crippen LogP contribution in [0.25, 0.3) is 0 Å². The van der Waals surface area contributed by atoms with Gasteiger partial charge in [0.2, 0.25) is 11.8 Å². The van der Waals surface area contributed by atoms with E-state index in [0.29, 0.717) is 16.2 Å². The molecule has 0 aromatic heterocycles. The highest BCUT2D eigenvalue weighted by molar-refractivity contribution is 6.30. The van der Waals surface area contributed by atoms with Crippen molar-refractivity contribution >= 4 is 52.6 Å². The van der Waals surface area contributed by atoms with Crippen molar-refractivity contribution in [2.24, 2.45) is 23.7 Å². The number of phenols is 1. The Bertz CT molecular complexity index is 2260. The van der Waals surface area contributed by atoms with E-state index in [2.05, 4.69) is 5.43 Å². The smallest absolute Gasteiger partial charge is 0.335 e. The minimum atomic E-state index is -1.73. The van der Waals surface area contributed by atoms with Crippen molar-refractivity contribution in [1.29, 1.82) is 0 Å². The number of aromatic hydroxyl groups is 1. The first-order valence-electron chi connectivity index (χ1n) is 16.9. The molecule has 4 aromatic carbocycles. The summed E-state index contributed by atoms with van der Waals surface area (Å²) in [5.41, 5.74) is 2.65. The molecule has 2 aliphatic heterocycles. The molecule has 1 saturated carbocycles. The predicted octanol–water partition coefficient (Wildman–Crippen LogP) is 6.08. The number of fused-ring (bicyclic) bond motifs is 4. The molecule has 4 amide bonds. The molecule has 0 spiro atoms. The van der Waals surface area contributed by atoms with Crippen LogP contribution in [0, 0.1) is 29.5 Å². The highest BCUT2D eigenvalue weighted by atomic mass is 35.5. The van der Waals surface area contributed by atoms with Crippen LogP contribution in [0.5, 0.6) is 11.5 Å². The van der Waals surface area contributed by atoms with Crippen LogP contribution in [-0.4, -0.2) is 51.9 Å². The van der Waals surface area contributed by atoms with Gasteiger partial charge in [0, 0.05) is 16.5 Å². The fourth-order valence-electron chi connectivity index (χ4n) is 9.00. The second kappa shape index (κ2) is 12.6. The van der Waals surface area contributed by atoms with Gasteiger partial charge < -0.3 is 14.9 Å². The third-order valence-electron chi connectivity index (χ3n) is 11.2. The second-order valence-corrected chi connectivity index (χ2v) is 14.1. The summed E-state index contributed by atoms with van der Waals surface area (Å²) in [7, 11) is 1.42. The minimum Gasteiger partial charge on any atom is -0.508 e. The van der Waals surface area contributed by atoms with E-state index < -0.39 is 70.4 Å². The van der Waals surface area contributed by atoms with Crippen molar-refractivity contribution in [2.45, 2.75) is 24.2 Å². The van der Waals surface area contributed by atoms with E-state index >= 15 is 4.79 Å². The summed E-state index contributed by atoms with van der Waals surface area (Å²) in [6.45, 7) is 0. The van der Waals surface area contributed by atoms with Crippen molar-refractivity contribution in [3.05, 3.63) is 130 Å². The molecule has 0 unspecified atom stereocenters. The Morgan fingerprint density at radius 2 is 1.64 bits per heavy atom. The molecule has 6 atom stereocenters. The Hall–Kier alpha value is -6.01. The molecule has 8 rings (SSSR count). The van der Waals surface area contributed by atoms with Gasteiger partial charge >= 0.3 is 5.97 Å². The molecular weight excluding hydrogens is 705 g/mol. The number of carboxylic acids is 1. The van der Waals surface area contributed by atoms with Gasteiger partial charge in [-0.2, -0.15) is 5.01 Å². The third-order valence-corrected chi connectivity index (χ3v) is 11.4. The Balaban J connectivity index is 1.34. The number of phenolic OH excluding ortho intramolecular Hbond substituents is 1. The lowest BCUT2D eigenvalue weighted by Crippen LogP contribution is -2.53. The first-order valence-corrected chi connectivity index (χ1v) is 17.3. The van der Waals surface area contributed by atoms with Crippen LogP contribution in [0.4, 0.5) is 15.8 Å². The van der Waals surface area contributed by atoms with E-state index in [1.54, 1.807) is 36.4 Å². The summed E-state index contributed by atoms with van der Waals surface area (Å²) in [6, 6.07) is 21.9. The summed E-state index contributed by atoms with van der Waals surface area (Å²) in [4.78, 5) is 71.4. The second-order valence-electron chi connectivity index (χ2n) is 13.6. The van der Waals surface area contributed by atoms with Crippen LogP contribution in [0.3, 0.4) is 0 Å². The standard InChI is InChI=1S/C40H31ClFN3O8/c1-53-31-7-3-6-30(46)33(31)34-26-16-17-27-32(37(49)44(35(27)47)25-5-2-4-20(18-25)38(50)51)28(26)19-29-36(48)45(43-24-14-12-23(42)13-15-24)39(52)40(29,34)21-8-10-22(41)11-9-21/h2-16,18,27-29,32,34,43,46H,17,19H2,1H3,(H,50,51)/t27-,28+,29-,32-,34+,40+/m0/s1. The number of ether oxygens (including phenoxy) is 1. The number of halogens is 2. The number of methoxy groups -OCH3 is 1. The Morgan fingerprint density at radius 3 is 2.34 bits per heavy atom. The quantitative estimate of drug-likeness (QED) is 0.151. The fraction of sp³-hybridized carbons (Fsp3) is 0.225. The summed E-state index contributed by atoms with van der Waals surface area (Å²) >= 11 is 6.34. The molecule has 2 saturated heterocycles. The fourth-order valence-corrected chi connectivity index (χ4v) is 9.13. The molecule has 11 nitrogen and oxygen atoms in total. The van der Waals surface area contributed by atoms with Crippen LogP contribution < -0.4 is 15.1 Å². The number of carbonyl (C=O) groups is 5. The highest BCUT2D eigenvalue weighted by Crippen LogP contribution is 2.66. The monoisotopic (exact) mass is 735 g/mol. The number of hydrazine groups is 1. The lowest BCUT2D eigenvalue weighted by atomic mass is 9.49. The van der Waals surface area contributed by atoms with Gasteiger partial charge in [-0.25, -0.2) is 9.18 Å². The molecule has 268 valence electrons. The number of carbonyl (C=O) groups excluding carboxylic acids is 4. The van der Waals surface area contributed by atoms with Gasteiger partial charge in [0.05, 0.1) is 47.2 Å². The van der Waals surface area contributed by atoms with E-state index in [1.807, 2.05) is 6.08 Å². The lowest BCUT2D eigenvalue weighted by Gasteiger charge is -2.50. The maximum atomic E-state index is 15.3. The van der Waals surface area contributed by atoms with Gasteiger partial charge in [0.15, 0.2) is 0 Å². The minimum absolute atomic E-state index is 0.0315. The molecule has 4 aromatic rings. The highest BCUT2D eigenvalue weighted by Gasteiger charge is 2.71. The number of nitrogens with one attached hydrogen (secondary N) is 1. The first-order chi connectivity index (χ1) is 25.5. The van der Waals surface area contributed by atoms with Gasteiger partial charge in [0.1, 0.15) is 17.3 Å².